The summed E-state index contributed by atoms with van der Waals surface area (Å²) in [6, 6.07) is 0. The van der Waals surface area contributed by atoms with Crippen LogP contribution in [0.3, 0.4) is 0 Å². The van der Waals surface area contributed by atoms with Crippen molar-refractivity contribution in [2.75, 3.05) is 39.3 Å². The first-order valence-electron chi connectivity index (χ1n) is 4.53. The van der Waals surface area contributed by atoms with E-state index in [9.17, 15) is 0 Å². The largest absolute Gasteiger partial charge is 0.314 e. The monoisotopic (exact) mass is 170 g/mol. The molecule has 70 valence electrons. The van der Waals surface area contributed by atoms with E-state index in [1.54, 1.807) is 0 Å². The van der Waals surface area contributed by atoms with Crippen LogP contribution >= 0.6 is 0 Å². The second-order valence-electron chi connectivity index (χ2n) is 2.74. The molecule has 1 fully saturated rings. The maximum atomic E-state index is 3.32. The fraction of sp³-hybridized carbons (Fsp3) is 0.750. The van der Waals surface area contributed by atoms with Crippen LogP contribution in [0, 0.1) is 13.1 Å². The molecule has 0 saturated carbocycles. The van der Waals surface area contributed by atoms with Crippen LogP contribution in [-0.2, 0) is 0 Å². The van der Waals surface area contributed by atoms with Crippen molar-refractivity contribution in [2.24, 2.45) is 0 Å². The van der Waals surface area contributed by atoms with Gasteiger partial charge >= 0.3 is 0 Å². The summed E-state index contributed by atoms with van der Waals surface area (Å²) in [7, 11) is 0. The summed E-state index contributed by atoms with van der Waals surface area (Å²) in [5, 5.41) is 13.0. The van der Waals surface area contributed by atoms with E-state index in [0.717, 1.165) is 39.3 Å². The van der Waals surface area contributed by atoms with Gasteiger partial charge in [-0.2, -0.15) is 0 Å². The van der Waals surface area contributed by atoms with Crippen LogP contribution in [0.2, 0.25) is 0 Å². The van der Waals surface area contributed by atoms with Gasteiger partial charge in [-0.25, -0.2) is 0 Å². The van der Waals surface area contributed by atoms with Crippen molar-refractivity contribution in [3.05, 3.63) is 13.1 Å². The quantitative estimate of drug-likeness (QED) is 0.364. The molecule has 1 aliphatic rings. The number of rotatable bonds is 0. The zero-order valence-corrected chi connectivity index (χ0v) is 7.40. The molecule has 0 amide bonds. The van der Waals surface area contributed by atoms with Crippen molar-refractivity contribution >= 4 is 0 Å². The highest BCUT2D eigenvalue weighted by atomic mass is 15.0. The zero-order valence-electron chi connectivity index (χ0n) is 7.40. The van der Waals surface area contributed by atoms with Gasteiger partial charge in [0.2, 0.25) is 0 Å². The minimum absolute atomic E-state index is 0.984. The van der Waals surface area contributed by atoms with Crippen molar-refractivity contribution in [3.63, 3.8) is 0 Å². The van der Waals surface area contributed by atoms with E-state index in [0.29, 0.717) is 0 Å². The van der Waals surface area contributed by atoms with Crippen LogP contribution in [0.4, 0.5) is 0 Å². The number of hydrogen-bond acceptors (Lipinski definition) is 4. The van der Waals surface area contributed by atoms with Gasteiger partial charge in [-0.3, -0.25) is 0 Å². The Morgan fingerprint density at radius 2 is 1.00 bits per heavy atom. The van der Waals surface area contributed by atoms with Gasteiger partial charge in [0.15, 0.2) is 0 Å². The molecule has 0 unspecified atom stereocenters. The predicted molar refractivity (Wildman–Crippen MR) is 50.3 cm³/mol. The van der Waals surface area contributed by atoms with Crippen molar-refractivity contribution in [2.45, 2.75) is 0 Å². The lowest BCUT2D eigenvalue weighted by atomic mass is 10.4. The summed E-state index contributed by atoms with van der Waals surface area (Å²) in [6.07, 6.45) is 0. The molecule has 1 aliphatic heterocycles. The van der Waals surface area contributed by atoms with Crippen LogP contribution in [0.25, 0.3) is 0 Å². The van der Waals surface area contributed by atoms with Crippen molar-refractivity contribution in [1.29, 1.82) is 0 Å². The van der Waals surface area contributed by atoms with E-state index in [-0.39, 0.29) is 0 Å². The highest BCUT2D eigenvalue weighted by Gasteiger charge is 1.92. The minimum Gasteiger partial charge on any atom is -0.314 e. The van der Waals surface area contributed by atoms with E-state index >= 15 is 0 Å². The second kappa shape index (κ2) is 7.49. The molecule has 4 N–H and O–H groups in total. The fourth-order valence-corrected chi connectivity index (χ4v) is 1.03. The van der Waals surface area contributed by atoms with Crippen molar-refractivity contribution in [1.82, 2.24) is 21.3 Å². The number of hydrogen-bond donors (Lipinski definition) is 4. The highest BCUT2D eigenvalue weighted by Crippen LogP contribution is 1.74. The average molecular weight is 170 g/mol. The smallest absolute Gasteiger partial charge is 0.0408 e. The molecule has 4 heteroatoms. The van der Waals surface area contributed by atoms with Gasteiger partial charge in [0, 0.05) is 52.4 Å². The third kappa shape index (κ3) is 5.49. The number of nitrogens with one attached hydrogen (secondary N) is 4. The molecule has 0 spiro atoms. The molecule has 0 bridgehead atoms. The molecule has 0 aromatic heterocycles. The summed E-state index contributed by atoms with van der Waals surface area (Å²) < 4.78 is 0. The van der Waals surface area contributed by atoms with Crippen molar-refractivity contribution < 1.29 is 0 Å². The molecule has 1 heterocycles. The van der Waals surface area contributed by atoms with E-state index in [4.69, 9.17) is 0 Å². The summed E-state index contributed by atoms with van der Waals surface area (Å²) in [6.45, 7) is 10.00. The lowest BCUT2D eigenvalue weighted by Gasteiger charge is -2.10. The van der Waals surface area contributed by atoms with E-state index < -0.39 is 0 Å². The molecule has 0 aromatic rings. The Labute approximate surface area is 74.5 Å². The normalized spacial score (nSPS) is 24.0. The van der Waals surface area contributed by atoms with Crippen LogP contribution in [0.15, 0.2) is 0 Å². The molecule has 4 nitrogen and oxygen atoms in total. The average Bonchev–Trinajstić information content (AvgIpc) is 2.05. The maximum absolute atomic E-state index is 3.32. The molecule has 2 radical (unpaired) electrons. The summed E-state index contributed by atoms with van der Waals surface area (Å²) in [4.78, 5) is 0. The Morgan fingerprint density at radius 3 is 1.50 bits per heavy atom. The zero-order chi connectivity index (χ0) is 8.49. The Bertz CT molecular complexity index is 54.0. The van der Waals surface area contributed by atoms with Gasteiger partial charge in [-0.1, -0.05) is 0 Å². The maximum Gasteiger partial charge on any atom is 0.0408 e. The first-order chi connectivity index (χ1) is 6.00. The lowest BCUT2D eigenvalue weighted by Crippen LogP contribution is -2.36. The molecule has 1 saturated heterocycles. The molecule has 0 aromatic carbocycles. The third-order valence-electron chi connectivity index (χ3n) is 1.69. The molecule has 0 aliphatic carbocycles. The molecular weight excluding hydrogens is 152 g/mol. The van der Waals surface area contributed by atoms with Gasteiger partial charge < -0.3 is 21.3 Å². The van der Waals surface area contributed by atoms with Gasteiger partial charge in [-0.15, -0.1) is 0 Å². The van der Waals surface area contributed by atoms with E-state index in [1.165, 1.54) is 0 Å². The van der Waals surface area contributed by atoms with Gasteiger partial charge in [0.1, 0.15) is 0 Å². The standard InChI is InChI=1S/C8H18N4/c1-2-10-5-6-12-8-7-11-4-3-9-1/h1-2,9-12H,3-8H2. The van der Waals surface area contributed by atoms with Crippen molar-refractivity contribution in [3.8, 4) is 0 Å². The van der Waals surface area contributed by atoms with E-state index in [1.807, 2.05) is 13.1 Å². The van der Waals surface area contributed by atoms with Crippen LogP contribution in [-0.4, -0.2) is 39.3 Å². The van der Waals surface area contributed by atoms with Gasteiger partial charge in [-0.05, 0) is 0 Å². The Hall–Kier alpha value is -0.160. The summed E-state index contributed by atoms with van der Waals surface area (Å²) in [5.41, 5.74) is 0. The molecule has 1 rings (SSSR count). The fourth-order valence-electron chi connectivity index (χ4n) is 1.03. The van der Waals surface area contributed by atoms with Gasteiger partial charge in [0.05, 0.1) is 0 Å². The first kappa shape index (κ1) is 9.92. The Balaban J connectivity index is 2.00. The van der Waals surface area contributed by atoms with Crippen LogP contribution in [0.5, 0.6) is 0 Å². The van der Waals surface area contributed by atoms with Crippen LogP contribution in [0.1, 0.15) is 0 Å². The Morgan fingerprint density at radius 1 is 0.583 bits per heavy atom. The van der Waals surface area contributed by atoms with Gasteiger partial charge in [0.25, 0.3) is 0 Å². The molecular formula is C8H18N4. The predicted octanol–water partition coefficient (Wildman–Crippen LogP) is -1.32. The second-order valence-corrected chi connectivity index (χ2v) is 2.74. The molecule has 0 atom stereocenters. The SMILES string of the molecule is [CH]1[CH]NCCNCCNCCN1. The first-order valence-corrected chi connectivity index (χ1v) is 4.53. The third-order valence-corrected chi connectivity index (χ3v) is 1.69. The van der Waals surface area contributed by atoms with Crippen LogP contribution < -0.4 is 21.3 Å². The van der Waals surface area contributed by atoms with E-state index in [2.05, 4.69) is 21.3 Å². The summed E-state index contributed by atoms with van der Waals surface area (Å²) in [5.74, 6) is 0. The summed E-state index contributed by atoms with van der Waals surface area (Å²) >= 11 is 0. The lowest BCUT2D eigenvalue weighted by molar-refractivity contribution is 0.575. The topological polar surface area (TPSA) is 48.1 Å². The highest BCUT2D eigenvalue weighted by molar-refractivity contribution is 4.79. The minimum atomic E-state index is 0.984. The molecule has 12 heavy (non-hydrogen) atoms. The Kier molecular flexibility index (Phi) is 6.19.